The van der Waals surface area contributed by atoms with E-state index < -0.39 is 0 Å². The molecule has 4 nitrogen and oxygen atoms in total. The van der Waals surface area contributed by atoms with Crippen molar-refractivity contribution in [2.24, 2.45) is 17.3 Å². The molecule has 2 heterocycles. The van der Waals surface area contributed by atoms with Crippen molar-refractivity contribution >= 4 is 5.97 Å². The quantitative estimate of drug-likeness (QED) is 0.656. The molecule has 0 spiro atoms. The molecular formula is C26H35NO3. The Hall–Kier alpha value is -1.65. The highest BCUT2D eigenvalue weighted by atomic mass is 16.5. The zero-order valence-electron chi connectivity index (χ0n) is 18.8. The summed E-state index contributed by atoms with van der Waals surface area (Å²) in [5.41, 5.74) is 3.88. The third-order valence-electron chi connectivity index (χ3n) is 8.14. The second-order valence-electron chi connectivity index (χ2n) is 10.4. The first-order chi connectivity index (χ1) is 14.4. The summed E-state index contributed by atoms with van der Waals surface area (Å²) in [6, 6.07) is 9.31. The predicted octanol–water partition coefficient (Wildman–Crippen LogP) is 5.03. The molecule has 1 aromatic rings. The number of hydrogen-bond acceptors (Lipinski definition) is 4. The average Bonchev–Trinajstić information content (AvgIpc) is 3.22. The summed E-state index contributed by atoms with van der Waals surface area (Å²) in [7, 11) is 0. The Balaban J connectivity index is 1.58. The third-order valence-corrected chi connectivity index (χ3v) is 8.14. The zero-order valence-corrected chi connectivity index (χ0v) is 18.8. The molecule has 0 radical (unpaired) electrons. The Kier molecular flexibility index (Phi) is 5.06. The molecule has 0 aromatic heterocycles. The smallest absolute Gasteiger partial charge is 0.333 e. The van der Waals surface area contributed by atoms with Crippen molar-refractivity contribution in [3.05, 3.63) is 47.0 Å². The lowest BCUT2D eigenvalue weighted by Crippen LogP contribution is -2.53. The summed E-state index contributed by atoms with van der Waals surface area (Å²) in [6.07, 6.45) is 7.81. The van der Waals surface area contributed by atoms with Crippen LogP contribution in [0.15, 0.2) is 35.9 Å². The maximum absolute atomic E-state index is 12.7. The minimum atomic E-state index is -0.163. The Morgan fingerprint density at radius 3 is 2.83 bits per heavy atom. The summed E-state index contributed by atoms with van der Waals surface area (Å²) in [6.45, 7) is 9.55. The fraction of sp³-hybridized carbons (Fsp3) is 0.654. The number of carbonyl (C=O) groups excluding carboxylic acids is 1. The monoisotopic (exact) mass is 409 g/mol. The molecule has 4 heteroatoms. The van der Waals surface area contributed by atoms with Gasteiger partial charge in [0.05, 0.1) is 18.8 Å². The number of ether oxygens (including phenoxy) is 2. The molecule has 2 aliphatic carbocycles. The van der Waals surface area contributed by atoms with Gasteiger partial charge in [-0.05, 0) is 41.7 Å². The minimum absolute atomic E-state index is 0.0345. The Morgan fingerprint density at radius 1 is 1.27 bits per heavy atom. The van der Waals surface area contributed by atoms with Crippen LogP contribution in [0, 0.1) is 17.3 Å². The predicted molar refractivity (Wildman–Crippen MR) is 117 cm³/mol. The van der Waals surface area contributed by atoms with E-state index >= 15 is 0 Å². The topological polar surface area (TPSA) is 38.8 Å². The molecule has 5 rings (SSSR count). The van der Waals surface area contributed by atoms with Crippen molar-refractivity contribution < 1.29 is 14.3 Å². The molecule has 2 unspecified atom stereocenters. The lowest BCUT2D eigenvalue weighted by molar-refractivity contribution is -0.140. The molecule has 6 atom stereocenters. The van der Waals surface area contributed by atoms with Gasteiger partial charge in [0.2, 0.25) is 0 Å². The highest BCUT2D eigenvalue weighted by Crippen LogP contribution is 2.54. The number of fused-ring (bicyclic) bond motifs is 5. The van der Waals surface area contributed by atoms with E-state index in [2.05, 4.69) is 56.0 Å². The van der Waals surface area contributed by atoms with E-state index in [9.17, 15) is 4.79 Å². The van der Waals surface area contributed by atoms with Crippen LogP contribution in [0.5, 0.6) is 0 Å². The summed E-state index contributed by atoms with van der Waals surface area (Å²) in [4.78, 5) is 15.4. The highest BCUT2D eigenvalue weighted by molar-refractivity contribution is 5.89. The lowest BCUT2D eigenvalue weighted by Gasteiger charge is -2.51. The van der Waals surface area contributed by atoms with Gasteiger partial charge in [-0.25, -0.2) is 4.79 Å². The maximum Gasteiger partial charge on any atom is 0.333 e. The molecule has 2 aliphatic heterocycles. The number of esters is 1. The fourth-order valence-electron chi connectivity index (χ4n) is 7.00. The van der Waals surface area contributed by atoms with E-state index in [1.807, 2.05) is 6.92 Å². The van der Waals surface area contributed by atoms with Crippen molar-refractivity contribution in [1.29, 1.82) is 0 Å². The van der Waals surface area contributed by atoms with Gasteiger partial charge in [-0.2, -0.15) is 0 Å². The summed E-state index contributed by atoms with van der Waals surface area (Å²) in [5.74, 6) is 0.950. The second-order valence-corrected chi connectivity index (χ2v) is 10.4. The molecule has 1 saturated carbocycles. The van der Waals surface area contributed by atoms with Gasteiger partial charge in [0.1, 0.15) is 6.23 Å². The third kappa shape index (κ3) is 3.15. The number of hydrogen-bond donors (Lipinski definition) is 0. The molecule has 30 heavy (non-hydrogen) atoms. The van der Waals surface area contributed by atoms with E-state index in [4.69, 9.17) is 9.47 Å². The number of rotatable bonds is 3. The van der Waals surface area contributed by atoms with Crippen LogP contribution in [0.4, 0.5) is 0 Å². The highest BCUT2D eigenvalue weighted by Gasteiger charge is 2.55. The first-order valence-electron chi connectivity index (χ1n) is 11.8. The molecule has 162 valence electrons. The Morgan fingerprint density at radius 2 is 2.07 bits per heavy atom. The Labute approximate surface area is 180 Å². The number of benzene rings is 1. The van der Waals surface area contributed by atoms with Crippen molar-refractivity contribution in [3.8, 4) is 0 Å². The summed E-state index contributed by atoms with van der Waals surface area (Å²) >= 11 is 0. The van der Waals surface area contributed by atoms with Gasteiger partial charge >= 0.3 is 5.97 Å². The first-order valence-corrected chi connectivity index (χ1v) is 11.8. The van der Waals surface area contributed by atoms with Gasteiger partial charge in [-0.3, -0.25) is 4.90 Å². The molecule has 0 bridgehead atoms. The molecule has 1 aromatic carbocycles. The Bertz CT molecular complexity index is 860. The molecule has 0 amide bonds. The summed E-state index contributed by atoms with van der Waals surface area (Å²) < 4.78 is 12.0. The van der Waals surface area contributed by atoms with E-state index in [0.29, 0.717) is 30.9 Å². The largest absolute Gasteiger partial charge is 0.463 e. The van der Waals surface area contributed by atoms with E-state index in [-0.39, 0.29) is 29.8 Å². The van der Waals surface area contributed by atoms with Crippen LogP contribution in [0.3, 0.4) is 0 Å². The normalized spacial score (nSPS) is 37.1. The standard InChI is InChI=1S/C26H35NO3/c1-5-29-25(28)18-13-20(23-16(2)9-8-12-26(23,3)4)27-22(15-18)30-21-14-17-10-6-7-11-19(17)24(21)27/h6-7,10-11,13,16,20-24H,5,8-9,12,14-15H2,1-4H3/t16?,20-,21+,22+,23?,24-/m0/s1. The van der Waals surface area contributed by atoms with Crippen LogP contribution < -0.4 is 0 Å². The van der Waals surface area contributed by atoms with Crippen molar-refractivity contribution in [1.82, 2.24) is 4.90 Å². The van der Waals surface area contributed by atoms with Gasteiger partial charge in [0.25, 0.3) is 0 Å². The maximum atomic E-state index is 12.7. The number of nitrogens with zero attached hydrogens (tertiary/aromatic N) is 1. The van der Waals surface area contributed by atoms with Crippen LogP contribution in [0.2, 0.25) is 0 Å². The van der Waals surface area contributed by atoms with Crippen molar-refractivity contribution in [2.45, 2.75) is 84.2 Å². The van der Waals surface area contributed by atoms with E-state index in [1.165, 1.54) is 30.4 Å². The first kappa shape index (κ1) is 20.3. The summed E-state index contributed by atoms with van der Waals surface area (Å²) in [5, 5.41) is 0. The van der Waals surface area contributed by atoms with Gasteiger partial charge in [0.15, 0.2) is 0 Å². The van der Waals surface area contributed by atoms with Gasteiger partial charge in [-0.1, -0.05) is 64.0 Å². The molecule has 2 fully saturated rings. The fourth-order valence-corrected chi connectivity index (χ4v) is 7.00. The van der Waals surface area contributed by atoms with Crippen molar-refractivity contribution in [3.63, 3.8) is 0 Å². The molecule has 4 aliphatic rings. The molecule has 0 N–H and O–H groups in total. The van der Waals surface area contributed by atoms with Gasteiger partial charge < -0.3 is 9.47 Å². The molecule has 1 saturated heterocycles. The van der Waals surface area contributed by atoms with Crippen LogP contribution >= 0.6 is 0 Å². The second kappa shape index (κ2) is 7.49. The minimum Gasteiger partial charge on any atom is -0.463 e. The lowest BCUT2D eigenvalue weighted by atomic mass is 9.60. The van der Waals surface area contributed by atoms with E-state index in [0.717, 1.165) is 12.0 Å². The zero-order chi connectivity index (χ0) is 21.0. The van der Waals surface area contributed by atoms with Crippen LogP contribution in [-0.4, -0.2) is 35.8 Å². The van der Waals surface area contributed by atoms with Gasteiger partial charge in [0, 0.05) is 24.5 Å². The van der Waals surface area contributed by atoms with Gasteiger partial charge in [-0.15, -0.1) is 0 Å². The van der Waals surface area contributed by atoms with Crippen molar-refractivity contribution in [2.75, 3.05) is 6.61 Å². The van der Waals surface area contributed by atoms with E-state index in [1.54, 1.807) is 0 Å². The van der Waals surface area contributed by atoms with Crippen LogP contribution in [0.1, 0.15) is 70.5 Å². The number of carbonyl (C=O) groups is 1. The van der Waals surface area contributed by atoms with Crippen LogP contribution in [-0.2, 0) is 20.7 Å². The van der Waals surface area contributed by atoms with Crippen LogP contribution in [0.25, 0.3) is 0 Å². The SMILES string of the molecule is CCOC(=O)C1=C[C@@H](C2C(C)CCCC2(C)C)N2[C@@H](C1)O[C@@H]1Cc3ccccc3[C@@H]12. The molecular weight excluding hydrogens is 374 g/mol. The average molecular weight is 410 g/mol.